The van der Waals surface area contributed by atoms with E-state index in [1.54, 1.807) is 0 Å². The van der Waals surface area contributed by atoms with Gasteiger partial charge in [-0.1, -0.05) is 6.07 Å². The van der Waals surface area contributed by atoms with E-state index < -0.39 is 23.7 Å². The molecule has 0 aromatic heterocycles. The summed E-state index contributed by atoms with van der Waals surface area (Å²) in [6.07, 6.45) is -3.59. The summed E-state index contributed by atoms with van der Waals surface area (Å²) >= 11 is 0. The zero-order valence-electron chi connectivity index (χ0n) is 9.61. The van der Waals surface area contributed by atoms with Gasteiger partial charge in [0.25, 0.3) is 0 Å². The Labute approximate surface area is 102 Å². The van der Waals surface area contributed by atoms with Crippen LogP contribution < -0.4 is 0 Å². The quantitative estimate of drug-likeness (QED) is 0.637. The normalized spacial score (nSPS) is 25.2. The number of hydrogen-bond donors (Lipinski definition) is 0. The lowest BCUT2D eigenvalue weighted by Gasteiger charge is -2.24. The smallest absolute Gasteiger partial charge is 0.247 e. The highest BCUT2D eigenvalue weighted by Crippen LogP contribution is 2.37. The summed E-state index contributed by atoms with van der Waals surface area (Å²) in [5.74, 6) is -1.28. The van der Waals surface area contributed by atoms with Crippen molar-refractivity contribution in [3.63, 3.8) is 0 Å². The summed E-state index contributed by atoms with van der Waals surface area (Å²) < 4.78 is 63.5. The first-order valence-corrected chi connectivity index (χ1v) is 5.88. The van der Waals surface area contributed by atoms with Crippen molar-refractivity contribution in [3.8, 4) is 0 Å². The van der Waals surface area contributed by atoms with Gasteiger partial charge in [0.15, 0.2) is 0 Å². The monoisotopic (exact) mass is 264 g/mol. The predicted octanol–water partition coefficient (Wildman–Crippen LogP) is 4.84. The third kappa shape index (κ3) is 2.82. The van der Waals surface area contributed by atoms with E-state index in [9.17, 15) is 22.0 Å². The molecule has 1 aliphatic rings. The molecule has 2 rings (SSSR count). The molecule has 1 fully saturated rings. The zero-order valence-corrected chi connectivity index (χ0v) is 9.61. The fraction of sp³-hybridized carbons (Fsp3) is 0.538. The van der Waals surface area contributed by atoms with Gasteiger partial charge in [-0.25, -0.2) is 8.78 Å². The van der Waals surface area contributed by atoms with E-state index in [-0.39, 0.29) is 5.92 Å². The highest BCUT2D eigenvalue weighted by Gasteiger charge is 2.34. The summed E-state index contributed by atoms with van der Waals surface area (Å²) in [5, 5.41) is 0. The molecule has 0 nitrogen and oxygen atoms in total. The Morgan fingerprint density at radius 1 is 1.00 bits per heavy atom. The molecule has 0 N–H and O–H groups in total. The van der Waals surface area contributed by atoms with Crippen LogP contribution in [0.25, 0.3) is 0 Å². The van der Waals surface area contributed by atoms with Crippen molar-refractivity contribution in [2.45, 2.75) is 43.9 Å². The van der Waals surface area contributed by atoms with Gasteiger partial charge in [0.05, 0.1) is 5.56 Å². The van der Waals surface area contributed by atoms with Gasteiger partial charge in [-0.05, 0) is 49.3 Å². The lowest BCUT2D eigenvalue weighted by atomic mass is 9.83. The summed E-state index contributed by atoms with van der Waals surface area (Å²) in [4.78, 5) is 0. The van der Waals surface area contributed by atoms with Crippen LogP contribution in [-0.2, 0) is 6.18 Å². The van der Waals surface area contributed by atoms with Crippen molar-refractivity contribution in [2.24, 2.45) is 0 Å². The molecule has 1 saturated carbocycles. The maximum atomic E-state index is 13.4. The standard InChI is InChI=1S/C13H13F5/c14-10-4-1-8(2-5-10)9-3-6-11(12(15)7-9)13(16,17)18/h3,6-8,10H,1-2,4-5H2. The number of alkyl halides is 4. The summed E-state index contributed by atoms with van der Waals surface area (Å²) in [7, 11) is 0. The van der Waals surface area contributed by atoms with Gasteiger partial charge in [-0.15, -0.1) is 0 Å². The molecule has 0 aliphatic heterocycles. The molecule has 18 heavy (non-hydrogen) atoms. The van der Waals surface area contributed by atoms with Crippen molar-refractivity contribution < 1.29 is 22.0 Å². The van der Waals surface area contributed by atoms with Gasteiger partial charge in [-0.3, -0.25) is 0 Å². The highest BCUT2D eigenvalue weighted by atomic mass is 19.4. The molecular weight excluding hydrogens is 251 g/mol. The fourth-order valence-corrected chi connectivity index (χ4v) is 2.40. The number of hydrogen-bond acceptors (Lipinski definition) is 0. The first-order valence-electron chi connectivity index (χ1n) is 5.88. The molecule has 0 saturated heterocycles. The van der Waals surface area contributed by atoms with E-state index >= 15 is 0 Å². The topological polar surface area (TPSA) is 0 Å². The molecule has 1 aliphatic carbocycles. The third-order valence-corrected chi connectivity index (χ3v) is 3.43. The van der Waals surface area contributed by atoms with E-state index in [1.807, 2.05) is 0 Å². The van der Waals surface area contributed by atoms with E-state index in [0.717, 1.165) is 12.1 Å². The van der Waals surface area contributed by atoms with Crippen molar-refractivity contribution in [1.29, 1.82) is 0 Å². The second-order valence-electron chi connectivity index (χ2n) is 4.69. The molecule has 0 unspecified atom stereocenters. The molecule has 0 radical (unpaired) electrons. The molecule has 0 atom stereocenters. The van der Waals surface area contributed by atoms with E-state index in [1.165, 1.54) is 6.07 Å². The Hall–Kier alpha value is -1.13. The average Bonchev–Trinajstić information content (AvgIpc) is 2.28. The summed E-state index contributed by atoms with van der Waals surface area (Å²) in [5.41, 5.74) is -0.710. The van der Waals surface area contributed by atoms with Crippen LogP contribution in [0, 0.1) is 5.82 Å². The number of halogens is 5. The van der Waals surface area contributed by atoms with Crippen molar-refractivity contribution in [3.05, 3.63) is 35.1 Å². The SMILES string of the molecule is Fc1cc(C2CCC(F)CC2)ccc1C(F)(F)F. The van der Waals surface area contributed by atoms with Gasteiger partial charge >= 0.3 is 6.18 Å². The molecule has 1 aromatic carbocycles. The first-order chi connectivity index (χ1) is 8.38. The van der Waals surface area contributed by atoms with Crippen LogP contribution in [0.4, 0.5) is 22.0 Å². The molecule has 1 aromatic rings. The molecule has 100 valence electrons. The molecule has 0 bridgehead atoms. The Morgan fingerprint density at radius 2 is 1.61 bits per heavy atom. The number of rotatable bonds is 1. The molecule has 0 spiro atoms. The number of benzene rings is 1. The van der Waals surface area contributed by atoms with E-state index in [2.05, 4.69) is 0 Å². The largest absolute Gasteiger partial charge is 0.419 e. The van der Waals surface area contributed by atoms with Crippen LogP contribution in [0.5, 0.6) is 0 Å². The average molecular weight is 264 g/mol. The maximum absolute atomic E-state index is 13.4. The van der Waals surface area contributed by atoms with Gasteiger partial charge in [0.1, 0.15) is 12.0 Å². The second-order valence-corrected chi connectivity index (χ2v) is 4.69. The molecule has 5 heteroatoms. The summed E-state index contributed by atoms with van der Waals surface area (Å²) in [6, 6.07) is 3.01. The van der Waals surface area contributed by atoms with Crippen molar-refractivity contribution in [1.82, 2.24) is 0 Å². The van der Waals surface area contributed by atoms with Crippen LogP contribution in [0.2, 0.25) is 0 Å². The van der Waals surface area contributed by atoms with Crippen LogP contribution in [-0.4, -0.2) is 6.17 Å². The zero-order chi connectivity index (χ0) is 13.3. The van der Waals surface area contributed by atoms with Crippen LogP contribution >= 0.6 is 0 Å². The Kier molecular flexibility index (Phi) is 3.59. The Balaban J connectivity index is 2.19. The minimum absolute atomic E-state index is 0.0335. The van der Waals surface area contributed by atoms with Crippen molar-refractivity contribution >= 4 is 0 Å². The highest BCUT2D eigenvalue weighted by molar-refractivity contribution is 5.29. The first kappa shape index (κ1) is 13.3. The summed E-state index contributed by atoms with van der Waals surface area (Å²) in [6.45, 7) is 0. The molecular formula is C13H13F5. The van der Waals surface area contributed by atoms with Gasteiger partial charge in [0.2, 0.25) is 0 Å². The van der Waals surface area contributed by atoms with E-state index in [0.29, 0.717) is 31.2 Å². The van der Waals surface area contributed by atoms with Crippen LogP contribution in [0.3, 0.4) is 0 Å². The van der Waals surface area contributed by atoms with Crippen LogP contribution in [0.1, 0.15) is 42.7 Å². The molecule has 0 amide bonds. The van der Waals surface area contributed by atoms with E-state index in [4.69, 9.17) is 0 Å². The van der Waals surface area contributed by atoms with Crippen LogP contribution in [0.15, 0.2) is 18.2 Å². The Bertz CT molecular complexity index is 416. The minimum atomic E-state index is -4.67. The second kappa shape index (κ2) is 4.86. The van der Waals surface area contributed by atoms with Gasteiger partial charge in [-0.2, -0.15) is 13.2 Å². The fourth-order valence-electron chi connectivity index (χ4n) is 2.40. The Morgan fingerprint density at radius 3 is 2.11 bits per heavy atom. The van der Waals surface area contributed by atoms with Gasteiger partial charge in [0, 0.05) is 0 Å². The lowest BCUT2D eigenvalue weighted by Crippen LogP contribution is -2.15. The van der Waals surface area contributed by atoms with Crippen molar-refractivity contribution in [2.75, 3.05) is 0 Å². The molecule has 0 heterocycles. The van der Waals surface area contributed by atoms with Gasteiger partial charge < -0.3 is 0 Å². The predicted molar refractivity (Wildman–Crippen MR) is 57.5 cm³/mol. The third-order valence-electron chi connectivity index (χ3n) is 3.43. The minimum Gasteiger partial charge on any atom is -0.247 e. The maximum Gasteiger partial charge on any atom is 0.419 e. The lowest BCUT2D eigenvalue weighted by molar-refractivity contribution is -0.140.